The van der Waals surface area contributed by atoms with Crippen LogP contribution < -0.4 is 16.2 Å². The van der Waals surface area contributed by atoms with Crippen molar-refractivity contribution in [2.45, 2.75) is 44.8 Å². The third-order valence-electron chi connectivity index (χ3n) is 4.28. The lowest BCUT2D eigenvalue weighted by Crippen LogP contribution is -2.44. The number of hydrogen-bond acceptors (Lipinski definition) is 4. The number of aromatic nitrogens is 2. The molecule has 2 heterocycles. The SMILES string of the molecule is CCC(NC(=O)C1CC(c2ccccc2F)NN1)c1ncc(C)[nH]1. The number of hydrazine groups is 1. The molecule has 1 aliphatic rings. The van der Waals surface area contributed by atoms with Crippen molar-refractivity contribution in [1.82, 2.24) is 26.1 Å². The summed E-state index contributed by atoms with van der Waals surface area (Å²) in [5.41, 5.74) is 7.48. The molecule has 1 fully saturated rings. The summed E-state index contributed by atoms with van der Waals surface area (Å²) < 4.78 is 13.9. The van der Waals surface area contributed by atoms with Gasteiger partial charge in [-0.15, -0.1) is 0 Å². The lowest BCUT2D eigenvalue weighted by atomic mass is 10.0. The van der Waals surface area contributed by atoms with Crippen LogP contribution in [0.1, 0.15) is 48.9 Å². The van der Waals surface area contributed by atoms with E-state index in [-0.39, 0.29) is 23.8 Å². The lowest BCUT2D eigenvalue weighted by molar-refractivity contribution is -0.123. The molecule has 24 heavy (non-hydrogen) atoms. The van der Waals surface area contributed by atoms with Crippen LogP contribution in [0.25, 0.3) is 0 Å². The molecule has 128 valence electrons. The van der Waals surface area contributed by atoms with Crippen molar-refractivity contribution >= 4 is 5.91 Å². The van der Waals surface area contributed by atoms with E-state index in [4.69, 9.17) is 0 Å². The average Bonchev–Trinajstić information content (AvgIpc) is 3.22. The van der Waals surface area contributed by atoms with E-state index in [1.54, 1.807) is 24.4 Å². The molecule has 0 radical (unpaired) electrons. The zero-order valence-electron chi connectivity index (χ0n) is 13.8. The molecule has 4 N–H and O–H groups in total. The van der Waals surface area contributed by atoms with Crippen LogP contribution in [0.3, 0.4) is 0 Å². The fourth-order valence-electron chi connectivity index (χ4n) is 2.94. The molecule has 1 aromatic carbocycles. The summed E-state index contributed by atoms with van der Waals surface area (Å²) in [7, 11) is 0. The minimum Gasteiger partial charge on any atom is -0.345 e. The van der Waals surface area contributed by atoms with E-state index in [0.717, 1.165) is 17.9 Å². The Bertz CT molecular complexity index is 717. The number of carbonyl (C=O) groups is 1. The molecule has 3 atom stereocenters. The van der Waals surface area contributed by atoms with Crippen molar-refractivity contribution < 1.29 is 9.18 Å². The number of amides is 1. The largest absolute Gasteiger partial charge is 0.345 e. The van der Waals surface area contributed by atoms with E-state index in [1.165, 1.54) is 6.07 Å². The van der Waals surface area contributed by atoms with Gasteiger partial charge >= 0.3 is 0 Å². The number of H-pyrrole nitrogens is 1. The van der Waals surface area contributed by atoms with Gasteiger partial charge in [0.25, 0.3) is 0 Å². The van der Waals surface area contributed by atoms with Gasteiger partial charge in [-0.2, -0.15) is 0 Å². The molecular formula is C17H22FN5O. The summed E-state index contributed by atoms with van der Waals surface area (Å²) in [6.45, 7) is 3.91. The number of nitrogens with zero attached hydrogens (tertiary/aromatic N) is 1. The van der Waals surface area contributed by atoms with E-state index in [2.05, 4.69) is 26.1 Å². The Morgan fingerprint density at radius 2 is 2.21 bits per heavy atom. The highest BCUT2D eigenvalue weighted by Gasteiger charge is 2.32. The number of carbonyl (C=O) groups excluding carboxylic acids is 1. The average molecular weight is 331 g/mol. The van der Waals surface area contributed by atoms with Gasteiger partial charge in [-0.1, -0.05) is 25.1 Å². The molecule has 0 aliphatic carbocycles. The standard InChI is InChI=1S/C17H22FN5O/c1-3-13(16-19-9-10(2)20-16)21-17(24)15-8-14(22-23-15)11-6-4-5-7-12(11)18/h4-7,9,13-15,22-23H,3,8H2,1-2H3,(H,19,20)(H,21,24). The maximum Gasteiger partial charge on any atom is 0.239 e. The van der Waals surface area contributed by atoms with Gasteiger partial charge in [0.05, 0.1) is 12.1 Å². The first-order chi connectivity index (χ1) is 11.6. The molecule has 1 amide bonds. The Kier molecular flexibility index (Phi) is 4.92. The van der Waals surface area contributed by atoms with Crippen molar-refractivity contribution in [2.24, 2.45) is 0 Å². The van der Waals surface area contributed by atoms with Gasteiger partial charge in [0.15, 0.2) is 0 Å². The monoisotopic (exact) mass is 331 g/mol. The predicted octanol–water partition coefficient (Wildman–Crippen LogP) is 2.03. The highest BCUT2D eigenvalue weighted by molar-refractivity contribution is 5.82. The van der Waals surface area contributed by atoms with Crippen molar-refractivity contribution in [2.75, 3.05) is 0 Å². The van der Waals surface area contributed by atoms with Crippen LogP contribution in [0.2, 0.25) is 0 Å². The van der Waals surface area contributed by atoms with Gasteiger partial charge in [0, 0.05) is 17.5 Å². The normalized spacial score (nSPS) is 21.6. The van der Waals surface area contributed by atoms with Crippen LogP contribution in [-0.2, 0) is 4.79 Å². The number of aryl methyl sites for hydroxylation is 1. The molecule has 1 aromatic heterocycles. The second kappa shape index (κ2) is 7.11. The first-order valence-corrected chi connectivity index (χ1v) is 8.15. The summed E-state index contributed by atoms with van der Waals surface area (Å²) >= 11 is 0. The minimum absolute atomic E-state index is 0.123. The van der Waals surface area contributed by atoms with Crippen LogP contribution in [0, 0.1) is 12.7 Å². The number of imidazole rings is 1. The third-order valence-corrected chi connectivity index (χ3v) is 4.28. The minimum atomic E-state index is -0.417. The van der Waals surface area contributed by atoms with E-state index in [1.807, 2.05) is 13.8 Å². The molecule has 0 spiro atoms. The number of rotatable bonds is 5. The number of benzene rings is 1. The van der Waals surface area contributed by atoms with Crippen molar-refractivity contribution in [3.63, 3.8) is 0 Å². The second-order valence-corrected chi connectivity index (χ2v) is 6.07. The summed E-state index contributed by atoms with van der Waals surface area (Å²) in [5, 5.41) is 3.00. The summed E-state index contributed by atoms with van der Waals surface area (Å²) in [6, 6.07) is 5.79. The van der Waals surface area contributed by atoms with Crippen LogP contribution in [0.15, 0.2) is 30.5 Å². The Morgan fingerprint density at radius 3 is 2.88 bits per heavy atom. The van der Waals surface area contributed by atoms with Crippen LogP contribution in [0.4, 0.5) is 4.39 Å². The molecule has 1 aliphatic heterocycles. The molecule has 0 bridgehead atoms. The highest BCUT2D eigenvalue weighted by Crippen LogP contribution is 2.25. The number of hydrogen-bond donors (Lipinski definition) is 4. The summed E-state index contributed by atoms with van der Waals surface area (Å²) in [4.78, 5) is 19.9. The van der Waals surface area contributed by atoms with Crippen LogP contribution >= 0.6 is 0 Å². The number of aromatic amines is 1. The molecule has 1 saturated heterocycles. The molecular weight excluding hydrogens is 309 g/mol. The maximum atomic E-state index is 13.9. The van der Waals surface area contributed by atoms with Crippen molar-refractivity contribution in [3.8, 4) is 0 Å². The van der Waals surface area contributed by atoms with Gasteiger partial charge in [-0.3, -0.25) is 4.79 Å². The molecule has 6 nitrogen and oxygen atoms in total. The van der Waals surface area contributed by atoms with Gasteiger partial charge in [-0.25, -0.2) is 20.2 Å². The van der Waals surface area contributed by atoms with E-state index in [9.17, 15) is 9.18 Å². The van der Waals surface area contributed by atoms with Gasteiger partial charge in [0.1, 0.15) is 17.7 Å². The Labute approximate surface area is 140 Å². The van der Waals surface area contributed by atoms with E-state index < -0.39 is 6.04 Å². The van der Waals surface area contributed by atoms with Gasteiger partial charge in [-0.05, 0) is 25.8 Å². The number of nitrogens with one attached hydrogen (secondary N) is 4. The zero-order chi connectivity index (χ0) is 17.1. The van der Waals surface area contributed by atoms with Gasteiger partial charge in [0.2, 0.25) is 5.91 Å². The highest BCUT2D eigenvalue weighted by atomic mass is 19.1. The van der Waals surface area contributed by atoms with Gasteiger partial charge < -0.3 is 10.3 Å². The fraction of sp³-hybridized carbons (Fsp3) is 0.412. The first kappa shape index (κ1) is 16.6. The zero-order valence-corrected chi connectivity index (χ0v) is 13.8. The Morgan fingerprint density at radius 1 is 1.42 bits per heavy atom. The molecule has 3 rings (SSSR count). The summed E-state index contributed by atoms with van der Waals surface area (Å²) in [5.74, 6) is 0.359. The number of halogens is 1. The van der Waals surface area contributed by atoms with E-state index in [0.29, 0.717) is 12.0 Å². The topological polar surface area (TPSA) is 81.8 Å². The summed E-state index contributed by atoms with van der Waals surface area (Å²) in [6.07, 6.45) is 2.96. The predicted molar refractivity (Wildman–Crippen MR) is 88.3 cm³/mol. The second-order valence-electron chi connectivity index (χ2n) is 6.07. The fourth-order valence-corrected chi connectivity index (χ4v) is 2.94. The van der Waals surface area contributed by atoms with Crippen LogP contribution in [0.5, 0.6) is 0 Å². The molecule has 2 aromatic rings. The quantitative estimate of drug-likeness (QED) is 0.676. The Balaban J connectivity index is 1.63. The van der Waals surface area contributed by atoms with Crippen molar-refractivity contribution in [3.05, 3.63) is 53.4 Å². The molecule has 7 heteroatoms. The molecule has 0 saturated carbocycles. The van der Waals surface area contributed by atoms with E-state index >= 15 is 0 Å². The van der Waals surface area contributed by atoms with Crippen molar-refractivity contribution in [1.29, 1.82) is 0 Å². The smallest absolute Gasteiger partial charge is 0.239 e. The lowest BCUT2D eigenvalue weighted by Gasteiger charge is -2.17. The molecule has 3 unspecified atom stereocenters. The third kappa shape index (κ3) is 3.47. The van der Waals surface area contributed by atoms with Crippen LogP contribution in [-0.4, -0.2) is 21.9 Å². The Hall–Kier alpha value is -2.25. The maximum absolute atomic E-state index is 13.9. The first-order valence-electron chi connectivity index (χ1n) is 8.15.